The number of nitrogen functional groups attached to an aromatic ring is 1. The lowest BCUT2D eigenvalue weighted by atomic mass is 10.3. The van der Waals surface area contributed by atoms with E-state index in [2.05, 4.69) is 9.72 Å². The summed E-state index contributed by atoms with van der Waals surface area (Å²) in [6, 6.07) is 3.38. The molecule has 0 spiro atoms. The Labute approximate surface area is 91.8 Å². The number of fused-ring (bicyclic) bond motifs is 1. The Morgan fingerprint density at radius 3 is 3.00 bits per heavy atom. The van der Waals surface area contributed by atoms with E-state index in [-0.39, 0.29) is 12.2 Å². The summed E-state index contributed by atoms with van der Waals surface area (Å²) < 4.78 is 6.37. The van der Waals surface area contributed by atoms with Gasteiger partial charge in [-0.1, -0.05) is 0 Å². The van der Waals surface area contributed by atoms with Crippen LogP contribution < -0.4 is 11.5 Å². The Hall–Kier alpha value is -2.08. The molecule has 6 heteroatoms. The maximum Gasteiger partial charge on any atom is 0.358 e. The van der Waals surface area contributed by atoms with E-state index < -0.39 is 5.97 Å². The van der Waals surface area contributed by atoms with Crippen molar-refractivity contribution in [2.24, 2.45) is 5.73 Å². The fourth-order valence-corrected chi connectivity index (χ4v) is 1.56. The highest BCUT2D eigenvalue weighted by Crippen LogP contribution is 2.16. The minimum atomic E-state index is -0.497. The van der Waals surface area contributed by atoms with Crippen molar-refractivity contribution in [3.8, 4) is 0 Å². The molecule has 0 aliphatic heterocycles. The molecule has 0 aliphatic rings. The summed E-state index contributed by atoms with van der Waals surface area (Å²) in [5, 5.41) is 0. The minimum absolute atomic E-state index is 0.232. The van der Waals surface area contributed by atoms with Crippen molar-refractivity contribution in [3.63, 3.8) is 0 Å². The highest BCUT2D eigenvalue weighted by molar-refractivity contribution is 5.95. The summed E-state index contributed by atoms with van der Waals surface area (Å²) in [4.78, 5) is 15.6. The second-order valence-electron chi connectivity index (χ2n) is 3.29. The number of hydrogen-bond acceptors (Lipinski definition) is 5. The van der Waals surface area contributed by atoms with Crippen molar-refractivity contribution in [1.29, 1.82) is 0 Å². The molecular formula is C10H12N4O2. The first-order chi connectivity index (χ1) is 7.67. The Bertz CT molecular complexity index is 547. The van der Waals surface area contributed by atoms with E-state index in [0.717, 1.165) is 0 Å². The first-order valence-electron chi connectivity index (χ1n) is 4.72. The van der Waals surface area contributed by atoms with Crippen LogP contribution in [0.15, 0.2) is 18.3 Å². The van der Waals surface area contributed by atoms with Crippen molar-refractivity contribution in [2.45, 2.75) is 6.54 Å². The van der Waals surface area contributed by atoms with Gasteiger partial charge in [-0.3, -0.25) is 0 Å². The topological polar surface area (TPSA) is 95.6 Å². The third kappa shape index (κ3) is 1.49. The predicted molar refractivity (Wildman–Crippen MR) is 58.8 cm³/mol. The first kappa shape index (κ1) is 10.4. The number of aromatic nitrogens is 2. The Balaban J connectivity index is 2.73. The number of methoxy groups -OCH3 is 1. The molecule has 0 saturated carbocycles. The van der Waals surface area contributed by atoms with E-state index in [1.54, 1.807) is 22.7 Å². The maximum atomic E-state index is 11.5. The van der Waals surface area contributed by atoms with Crippen LogP contribution >= 0.6 is 0 Å². The Kier molecular flexibility index (Phi) is 2.49. The zero-order valence-electron chi connectivity index (χ0n) is 8.80. The van der Waals surface area contributed by atoms with Gasteiger partial charge in [-0.25, -0.2) is 9.78 Å². The lowest BCUT2D eigenvalue weighted by Gasteiger charge is -1.99. The third-order valence-corrected chi connectivity index (χ3v) is 2.30. The summed E-state index contributed by atoms with van der Waals surface area (Å²) in [7, 11) is 1.31. The lowest BCUT2D eigenvalue weighted by Crippen LogP contribution is -2.03. The molecule has 0 fully saturated rings. The molecule has 0 saturated heterocycles. The number of pyridine rings is 1. The van der Waals surface area contributed by atoms with Gasteiger partial charge < -0.3 is 20.6 Å². The Morgan fingerprint density at radius 1 is 1.62 bits per heavy atom. The number of carbonyl (C=O) groups is 1. The minimum Gasteiger partial charge on any atom is -0.464 e. The van der Waals surface area contributed by atoms with Crippen molar-refractivity contribution in [2.75, 3.05) is 12.8 Å². The molecule has 0 unspecified atom stereocenters. The second-order valence-corrected chi connectivity index (χ2v) is 3.29. The van der Waals surface area contributed by atoms with E-state index >= 15 is 0 Å². The van der Waals surface area contributed by atoms with Crippen LogP contribution in [0.1, 0.15) is 16.3 Å². The summed E-state index contributed by atoms with van der Waals surface area (Å²) >= 11 is 0. The molecule has 2 rings (SSSR count). The average molecular weight is 220 g/mol. The maximum absolute atomic E-state index is 11.5. The number of hydrogen-bond donors (Lipinski definition) is 2. The number of nitrogens with zero attached hydrogens (tertiary/aromatic N) is 2. The van der Waals surface area contributed by atoms with Gasteiger partial charge in [0.25, 0.3) is 0 Å². The molecule has 4 N–H and O–H groups in total. The number of imidazole rings is 1. The Morgan fingerprint density at radius 2 is 2.38 bits per heavy atom. The smallest absolute Gasteiger partial charge is 0.358 e. The van der Waals surface area contributed by atoms with Gasteiger partial charge in [0.15, 0.2) is 5.69 Å². The number of rotatable bonds is 2. The van der Waals surface area contributed by atoms with Crippen molar-refractivity contribution >= 4 is 17.2 Å². The summed E-state index contributed by atoms with van der Waals surface area (Å²) in [6.07, 6.45) is 1.73. The van der Waals surface area contributed by atoms with Gasteiger partial charge in [-0.05, 0) is 12.1 Å². The monoisotopic (exact) mass is 220 g/mol. The van der Waals surface area contributed by atoms with Crippen LogP contribution in [0.4, 0.5) is 5.69 Å². The van der Waals surface area contributed by atoms with Gasteiger partial charge in [0.1, 0.15) is 5.82 Å². The van der Waals surface area contributed by atoms with E-state index in [1.807, 2.05) is 0 Å². The molecule has 0 aromatic carbocycles. The van der Waals surface area contributed by atoms with Gasteiger partial charge >= 0.3 is 5.97 Å². The fourth-order valence-electron chi connectivity index (χ4n) is 1.56. The zero-order chi connectivity index (χ0) is 11.7. The molecular weight excluding hydrogens is 208 g/mol. The molecule has 0 amide bonds. The molecule has 16 heavy (non-hydrogen) atoms. The second kappa shape index (κ2) is 3.82. The van der Waals surface area contributed by atoms with Crippen LogP contribution in [0.3, 0.4) is 0 Å². The van der Waals surface area contributed by atoms with Gasteiger partial charge in [-0.2, -0.15) is 0 Å². The molecule has 0 atom stereocenters. The SMILES string of the molecule is COC(=O)c1nc(CN)n2ccc(N)cc12. The molecule has 0 bridgehead atoms. The van der Waals surface area contributed by atoms with Crippen molar-refractivity contribution < 1.29 is 9.53 Å². The van der Waals surface area contributed by atoms with Crippen LogP contribution in [0.5, 0.6) is 0 Å². The van der Waals surface area contributed by atoms with Gasteiger partial charge in [-0.15, -0.1) is 0 Å². The summed E-state index contributed by atoms with van der Waals surface area (Å²) in [5.74, 6) is 0.0956. The molecule has 84 valence electrons. The molecule has 2 aromatic heterocycles. The van der Waals surface area contributed by atoms with Gasteiger partial charge in [0, 0.05) is 11.9 Å². The average Bonchev–Trinajstić information content (AvgIpc) is 2.66. The molecule has 0 radical (unpaired) electrons. The van der Waals surface area contributed by atoms with Crippen LogP contribution in [0.25, 0.3) is 5.52 Å². The number of esters is 1. The summed E-state index contributed by atoms with van der Waals surface area (Å²) in [5.41, 5.74) is 12.6. The van der Waals surface area contributed by atoms with Crippen LogP contribution in [0, 0.1) is 0 Å². The highest BCUT2D eigenvalue weighted by Gasteiger charge is 2.17. The quantitative estimate of drug-likeness (QED) is 0.703. The summed E-state index contributed by atoms with van der Waals surface area (Å²) in [6.45, 7) is 0.238. The van der Waals surface area contributed by atoms with E-state index in [0.29, 0.717) is 17.0 Å². The highest BCUT2D eigenvalue weighted by atomic mass is 16.5. The van der Waals surface area contributed by atoms with Crippen LogP contribution in [-0.2, 0) is 11.3 Å². The van der Waals surface area contributed by atoms with Gasteiger partial charge in [0.2, 0.25) is 0 Å². The van der Waals surface area contributed by atoms with E-state index in [9.17, 15) is 4.79 Å². The van der Waals surface area contributed by atoms with Gasteiger partial charge in [0.05, 0.1) is 19.2 Å². The number of nitrogens with two attached hydrogens (primary N) is 2. The lowest BCUT2D eigenvalue weighted by molar-refractivity contribution is 0.0597. The van der Waals surface area contributed by atoms with E-state index in [1.165, 1.54) is 7.11 Å². The van der Waals surface area contributed by atoms with Crippen molar-refractivity contribution in [1.82, 2.24) is 9.38 Å². The number of carbonyl (C=O) groups excluding carboxylic acids is 1. The van der Waals surface area contributed by atoms with Crippen LogP contribution in [0.2, 0.25) is 0 Å². The molecule has 0 aliphatic carbocycles. The standard InChI is InChI=1S/C10H12N4O2/c1-16-10(15)9-7-4-6(12)2-3-14(7)8(5-11)13-9/h2-4H,5,11-12H2,1H3. The van der Waals surface area contributed by atoms with Crippen molar-refractivity contribution in [3.05, 3.63) is 29.8 Å². The molecule has 6 nitrogen and oxygen atoms in total. The van der Waals surface area contributed by atoms with Crippen LogP contribution in [-0.4, -0.2) is 22.5 Å². The molecule has 2 heterocycles. The predicted octanol–water partition coefficient (Wildman–Crippen LogP) is 0.162. The fraction of sp³-hybridized carbons (Fsp3) is 0.200. The normalized spacial score (nSPS) is 10.6. The zero-order valence-corrected chi connectivity index (χ0v) is 8.80. The van der Waals surface area contributed by atoms with E-state index in [4.69, 9.17) is 11.5 Å². The number of ether oxygens (including phenoxy) is 1. The molecule has 2 aromatic rings. The number of anilines is 1. The largest absolute Gasteiger partial charge is 0.464 e. The third-order valence-electron chi connectivity index (χ3n) is 2.30. The first-order valence-corrected chi connectivity index (χ1v) is 4.72.